The smallest absolute Gasteiger partial charge is 0.130 e. The number of benzene rings is 2. The van der Waals surface area contributed by atoms with Gasteiger partial charge in [-0.05, 0) is 50.5 Å². The van der Waals surface area contributed by atoms with Gasteiger partial charge in [0.05, 0.1) is 0 Å². The molecule has 0 fully saturated rings. The lowest BCUT2D eigenvalue weighted by Gasteiger charge is -2.12. The lowest BCUT2D eigenvalue weighted by Crippen LogP contribution is -1.92. The van der Waals surface area contributed by atoms with Gasteiger partial charge in [-0.2, -0.15) is 0 Å². The summed E-state index contributed by atoms with van der Waals surface area (Å²) in [5, 5.41) is 0. The SMILES string of the molecule is [CH2]Cc1ccccc1Oc1ccc(C)cc1C. The van der Waals surface area contributed by atoms with Crippen molar-refractivity contribution < 1.29 is 4.74 Å². The number of ether oxygens (including phenoxy) is 1. The summed E-state index contributed by atoms with van der Waals surface area (Å²) in [7, 11) is 0. The van der Waals surface area contributed by atoms with Crippen molar-refractivity contribution in [1.29, 1.82) is 0 Å². The van der Waals surface area contributed by atoms with Crippen LogP contribution in [0.25, 0.3) is 0 Å². The maximum Gasteiger partial charge on any atom is 0.130 e. The number of hydrogen-bond acceptors (Lipinski definition) is 1. The molecule has 0 N–H and O–H groups in total. The van der Waals surface area contributed by atoms with Gasteiger partial charge in [-0.3, -0.25) is 0 Å². The topological polar surface area (TPSA) is 9.23 Å². The Bertz CT molecular complexity index is 515. The predicted octanol–water partition coefficient (Wildman–Crippen LogP) is 4.47. The van der Waals surface area contributed by atoms with Crippen LogP contribution in [0, 0.1) is 20.8 Å². The van der Waals surface area contributed by atoms with Crippen molar-refractivity contribution in [3.05, 3.63) is 66.1 Å². The fourth-order valence-corrected chi connectivity index (χ4v) is 1.84. The highest BCUT2D eigenvalue weighted by Gasteiger charge is 2.04. The fourth-order valence-electron chi connectivity index (χ4n) is 1.84. The Morgan fingerprint density at radius 3 is 2.47 bits per heavy atom. The van der Waals surface area contributed by atoms with Gasteiger partial charge in [0.15, 0.2) is 0 Å². The molecule has 1 heteroatoms. The Labute approximate surface area is 103 Å². The summed E-state index contributed by atoms with van der Waals surface area (Å²) in [6.45, 7) is 8.06. The zero-order valence-corrected chi connectivity index (χ0v) is 10.4. The predicted molar refractivity (Wildman–Crippen MR) is 71.5 cm³/mol. The van der Waals surface area contributed by atoms with Crippen LogP contribution < -0.4 is 4.74 Å². The molecule has 0 amide bonds. The molecule has 0 aromatic heterocycles. The summed E-state index contributed by atoms with van der Waals surface area (Å²) in [5.74, 6) is 1.81. The molecule has 0 aliphatic heterocycles. The normalized spacial score (nSPS) is 10.3. The van der Waals surface area contributed by atoms with Crippen LogP contribution in [0.3, 0.4) is 0 Å². The molecular weight excluding hydrogens is 208 g/mol. The van der Waals surface area contributed by atoms with E-state index in [1.54, 1.807) is 0 Å². The molecule has 1 nitrogen and oxygen atoms in total. The molecule has 1 radical (unpaired) electrons. The van der Waals surface area contributed by atoms with E-state index in [1.165, 1.54) is 5.56 Å². The summed E-state index contributed by atoms with van der Waals surface area (Å²) in [4.78, 5) is 0. The van der Waals surface area contributed by atoms with Gasteiger partial charge in [0, 0.05) is 0 Å². The second kappa shape index (κ2) is 5.05. The van der Waals surface area contributed by atoms with E-state index < -0.39 is 0 Å². The summed E-state index contributed by atoms with van der Waals surface area (Å²) in [6, 6.07) is 14.2. The average molecular weight is 225 g/mol. The van der Waals surface area contributed by atoms with Crippen LogP contribution in [-0.2, 0) is 6.42 Å². The first-order chi connectivity index (χ1) is 8.20. The first-order valence-corrected chi connectivity index (χ1v) is 5.83. The minimum absolute atomic E-state index is 0.737. The first kappa shape index (κ1) is 11.7. The quantitative estimate of drug-likeness (QED) is 0.748. The van der Waals surface area contributed by atoms with Gasteiger partial charge in [-0.25, -0.2) is 0 Å². The largest absolute Gasteiger partial charge is 0.457 e. The second-order valence-electron chi connectivity index (χ2n) is 4.23. The Balaban J connectivity index is 2.31. The van der Waals surface area contributed by atoms with Gasteiger partial charge >= 0.3 is 0 Å². The minimum Gasteiger partial charge on any atom is -0.457 e. The van der Waals surface area contributed by atoms with Gasteiger partial charge in [0.2, 0.25) is 0 Å². The molecule has 2 aromatic carbocycles. The molecule has 0 aliphatic rings. The van der Waals surface area contributed by atoms with E-state index in [0.29, 0.717) is 0 Å². The minimum atomic E-state index is 0.737. The second-order valence-corrected chi connectivity index (χ2v) is 4.23. The number of rotatable bonds is 3. The summed E-state index contributed by atoms with van der Waals surface area (Å²) < 4.78 is 5.95. The highest BCUT2D eigenvalue weighted by atomic mass is 16.5. The van der Waals surface area contributed by atoms with Crippen LogP contribution in [0.5, 0.6) is 11.5 Å². The van der Waals surface area contributed by atoms with Gasteiger partial charge in [-0.1, -0.05) is 35.9 Å². The van der Waals surface area contributed by atoms with Crippen LogP contribution >= 0.6 is 0 Å². The Hall–Kier alpha value is -1.76. The summed E-state index contributed by atoms with van der Waals surface area (Å²) >= 11 is 0. The standard InChI is InChI=1S/C16H17O/c1-4-14-7-5-6-8-16(14)17-15-10-9-12(2)11-13(15)3/h5-11H,1,4H2,2-3H3. The maximum absolute atomic E-state index is 5.95. The van der Waals surface area contributed by atoms with Gasteiger partial charge in [0.1, 0.15) is 11.5 Å². The molecule has 87 valence electrons. The lowest BCUT2D eigenvalue weighted by molar-refractivity contribution is 0.474. The molecule has 0 heterocycles. The van der Waals surface area contributed by atoms with Gasteiger partial charge in [-0.15, -0.1) is 0 Å². The molecule has 0 spiro atoms. The van der Waals surface area contributed by atoms with E-state index in [9.17, 15) is 0 Å². The number of aryl methyl sites for hydroxylation is 2. The van der Waals surface area contributed by atoms with Crippen LogP contribution in [-0.4, -0.2) is 0 Å². The summed E-state index contributed by atoms with van der Waals surface area (Å²) in [6.07, 6.45) is 0.737. The van der Waals surface area contributed by atoms with Gasteiger partial charge < -0.3 is 4.74 Å². The fraction of sp³-hybridized carbons (Fsp3) is 0.188. The van der Waals surface area contributed by atoms with E-state index in [0.717, 1.165) is 29.0 Å². The molecule has 2 rings (SSSR count). The summed E-state index contributed by atoms with van der Waals surface area (Å²) in [5.41, 5.74) is 3.54. The highest BCUT2D eigenvalue weighted by molar-refractivity contribution is 5.42. The van der Waals surface area contributed by atoms with E-state index in [2.05, 4.69) is 32.9 Å². The maximum atomic E-state index is 5.95. The van der Waals surface area contributed by atoms with Crippen LogP contribution in [0.1, 0.15) is 16.7 Å². The van der Waals surface area contributed by atoms with Gasteiger partial charge in [0.25, 0.3) is 0 Å². The third-order valence-corrected chi connectivity index (χ3v) is 2.79. The van der Waals surface area contributed by atoms with Crippen molar-refractivity contribution in [1.82, 2.24) is 0 Å². The molecule has 0 atom stereocenters. The van der Waals surface area contributed by atoms with Crippen LogP contribution in [0.2, 0.25) is 0 Å². The molecule has 0 saturated carbocycles. The van der Waals surface area contributed by atoms with Crippen molar-refractivity contribution in [2.75, 3.05) is 0 Å². The third kappa shape index (κ3) is 2.68. The molecule has 0 saturated heterocycles. The average Bonchev–Trinajstić information content (AvgIpc) is 2.33. The molecule has 0 aliphatic carbocycles. The molecular formula is C16H17O. The zero-order valence-electron chi connectivity index (χ0n) is 10.4. The van der Waals surface area contributed by atoms with E-state index in [4.69, 9.17) is 4.74 Å². The Morgan fingerprint density at radius 1 is 1.00 bits per heavy atom. The van der Waals surface area contributed by atoms with E-state index >= 15 is 0 Å². The number of hydrogen-bond donors (Lipinski definition) is 0. The molecule has 17 heavy (non-hydrogen) atoms. The van der Waals surface area contributed by atoms with Crippen molar-refractivity contribution in [3.63, 3.8) is 0 Å². The molecule has 0 unspecified atom stereocenters. The van der Waals surface area contributed by atoms with Crippen LogP contribution in [0.4, 0.5) is 0 Å². The van der Waals surface area contributed by atoms with E-state index in [1.807, 2.05) is 30.3 Å². The third-order valence-electron chi connectivity index (χ3n) is 2.79. The van der Waals surface area contributed by atoms with Crippen molar-refractivity contribution in [2.45, 2.75) is 20.3 Å². The van der Waals surface area contributed by atoms with Crippen molar-refractivity contribution in [2.24, 2.45) is 0 Å². The van der Waals surface area contributed by atoms with Crippen molar-refractivity contribution in [3.8, 4) is 11.5 Å². The number of para-hydroxylation sites is 1. The monoisotopic (exact) mass is 225 g/mol. The Morgan fingerprint density at radius 2 is 1.76 bits per heavy atom. The zero-order chi connectivity index (χ0) is 12.3. The van der Waals surface area contributed by atoms with Crippen molar-refractivity contribution >= 4 is 0 Å². The highest BCUT2D eigenvalue weighted by Crippen LogP contribution is 2.28. The van der Waals surface area contributed by atoms with E-state index in [-0.39, 0.29) is 0 Å². The Kier molecular flexibility index (Phi) is 3.48. The molecule has 0 bridgehead atoms. The molecule has 2 aromatic rings. The van der Waals surface area contributed by atoms with Crippen LogP contribution in [0.15, 0.2) is 42.5 Å². The lowest BCUT2D eigenvalue weighted by atomic mass is 10.1. The first-order valence-electron chi connectivity index (χ1n) is 5.83.